The van der Waals surface area contributed by atoms with Crippen LogP contribution in [-0.2, 0) is 10.8 Å². The number of hydrogen-bond acceptors (Lipinski definition) is 3. The number of anilines is 2. The fourth-order valence-corrected chi connectivity index (χ4v) is 3.25. The summed E-state index contributed by atoms with van der Waals surface area (Å²) in [7, 11) is -1.25. The Morgan fingerprint density at radius 2 is 1.17 bits per heavy atom. The second-order valence-corrected chi connectivity index (χ2v) is 5.91. The second-order valence-electron chi connectivity index (χ2n) is 4.43. The molecule has 2 aromatic carbocycles. The Balaban J connectivity index is 2.47. The topological polar surface area (TPSA) is 69.1 Å². The van der Waals surface area contributed by atoms with Crippen LogP contribution < -0.4 is 11.5 Å². The molecule has 2 rings (SSSR count). The molecule has 4 heteroatoms. The maximum absolute atomic E-state index is 12.5. The Labute approximate surface area is 109 Å². The number of hydrogen-bond donors (Lipinski definition) is 2. The first-order valence-electron chi connectivity index (χ1n) is 5.62. The van der Waals surface area contributed by atoms with Crippen LogP contribution in [0.3, 0.4) is 0 Å². The Bertz CT molecular complexity index is 529. The highest BCUT2D eigenvalue weighted by atomic mass is 32.2. The lowest BCUT2D eigenvalue weighted by atomic mass is 10.2. The molecule has 0 spiro atoms. The molecule has 0 saturated carbocycles. The summed E-state index contributed by atoms with van der Waals surface area (Å²) in [4.78, 5) is 1.41. The van der Waals surface area contributed by atoms with Crippen molar-refractivity contribution >= 4 is 22.2 Å². The van der Waals surface area contributed by atoms with E-state index in [-0.39, 0.29) is 0 Å². The molecule has 0 heterocycles. The number of rotatable bonds is 2. The highest BCUT2D eigenvalue weighted by Crippen LogP contribution is 2.23. The number of aryl methyl sites for hydroxylation is 2. The van der Waals surface area contributed by atoms with Gasteiger partial charge in [-0.15, -0.1) is 0 Å². The van der Waals surface area contributed by atoms with Crippen molar-refractivity contribution in [2.24, 2.45) is 0 Å². The van der Waals surface area contributed by atoms with E-state index < -0.39 is 10.8 Å². The van der Waals surface area contributed by atoms with Gasteiger partial charge in [0.25, 0.3) is 0 Å². The third kappa shape index (κ3) is 2.71. The van der Waals surface area contributed by atoms with Crippen LogP contribution in [0.25, 0.3) is 0 Å². The van der Waals surface area contributed by atoms with Crippen molar-refractivity contribution in [3.63, 3.8) is 0 Å². The van der Waals surface area contributed by atoms with Gasteiger partial charge in [0.15, 0.2) is 0 Å². The van der Waals surface area contributed by atoms with Crippen LogP contribution in [0.4, 0.5) is 11.4 Å². The van der Waals surface area contributed by atoms with Gasteiger partial charge in [-0.3, -0.25) is 0 Å². The highest BCUT2D eigenvalue weighted by molar-refractivity contribution is 7.85. The van der Waals surface area contributed by atoms with Crippen molar-refractivity contribution in [1.29, 1.82) is 0 Å². The lowest BCUT2D eigenvalue weighted by Crippen LogP contribution is -1.98. The van der Waals surface area contributed by atoms with Crippen molar-refractivity contribution in [2.45, 2.75) is 23.6 Å². The Kier molecular flexibility index (Phi) is 3.39. The highest BCUT2D eigenvalue weighted by Gasteiger charge is 2.09. The first-order chi connectivity index (χ1) is 8.45. The maximum Gasteiger partial charge on any atom is 0.0851 e. The minimum atomic E-state index is -1.25. The first kappa shape index (κ1) is 12.6. The predicted molar refractivity (Wildman–Crippen MR) is 75.9 cm³/mol. The van der Waals surface area contributed by atoms with Crippen molar-refractivity contribution in [1.82, 2.24) is 0 Å². The van der Waals surface area contributed by atoms with Gasteiger partial charge in [0.2, 0.25) is 0 Å². The molecule has 18 heavy (non-hydrogen) atoms. The molecule has 0 fully saturated rings. The Morgan fingerprint density at radius 3 is 1.50 bits per heavy atom. The van der Waals surface area contributed by atoms with E-state index in [1.165, 1.54) is 0 Å². The van der Waals surface area contributed by atoms with E-state index in [2.05, 4.69) is 0 Å². The summed E-state index contributed by atoms with van der Waals surface area (Å²) < 4.78 is 12.5. The average molecular weight is 260 g/mol. The maximum atomic E-state index is 12.5. The van der Waals surface area contributed by atoms with Crippen molar-refractivity contribution in [3.8, 4) is 0 Å². The van der Waals surface area contributed by atoms with E-state index in [4.69, 9.17) is 11.5 Å². The molecule has 0 aliphatic rings. The van der Waals surface area contributed by atoms with Gasteiger partial charge in [-0.2, -0.15) is 0 Å². The first-order valence-corrected chi connectivity index (χ1v) is 6.77. The molecule has 0 atom stereocenters. The van der Waals surface area contributed by atoms with Crippen LogP contribution >= 0.6 is 0 Å². The van der Waals surface area contributed by atoms with Crippen molar-refractivity contribution < 1.29 is 4.21 Å². The molecule has 0 saturated heterocycles. The molecule has 0 aliphatic heterocycles. The quantitative estimate of drug-likeness (QED) is 0.815. The Hall–Kier alpha value is -1.81. The number of nitrogen functional groups attached to an aromatic ring is 2. The fraction of sp³-hybridized carbons (Fsp3) is 0.143. The van der Waals surface area contributed by atoms with Gasteiger partial charge < -0.3 is 11.5 Å². The molecule has 2 aromatic rings. The minimum Gasteiger partial charge on any atom is -0.399 e. The normalized spacial score (nSPS) is 10.8. The molecule has 3 nitrogen and oxygen atoms in total. The van der Waals surface area contributed by atoms with Crippen LogP contribution in [-0.4, -0.2) is 4.21 Å². The van der Waals surface area contributed by atoms with Crippen LogP contribution in [0, 0.1) is 13.8 Å². The number of benzene rings is 2. The zero-order chi connectivity index (χ0) is 13.3. The standard InChI is InChI=1S/C14H16N2OS/c1-9-3-11(15)7-13(5-9)18(17)14-6-10(2)4-12(16)8-14/h3-8H,15-16H2,1-2H3. The van der Waals surface area contributed by atoms with Crippen molar-refractivity contribution in [2.75, 3.05) is 11.5 Å². The third-order valence-electron chi connectivity index (χ3n) is 2.57. The number of nitrogens with two attached hydrogens (primary N) is 2. The summed E-state index contributed by atoms with van der Waals surface area (Å²) >= 11 is 0. The summed E-state index contributed by atoms with van der Waals surface area (Å²) in [5.74, 6) is 0. The Morgan fingerprint density at radius 1 is 0.778 bits per heavy atom. The molecule has 94 valence electrons. The largest absolute Gasteiger partial charge is 0.399 e. The molecule has 0 amide bonds. The summed E-state index contributed by atoms with van der Waals surface area (Å²) in [5.41, 5.74) is 14.8. The summed E-state index contributed by atoms with van der Waals surface area (Å²) in [5, 5.41) is 0. The van der Waals surface area contributed by atoms with E-state index in [1.807, 2.05) is 38.1 Å². The lowest BCUT2D eigenvalue weighted by molar-refractivity contribution is 0.683. The predicted octanol–water partition coefficient (Wildman–Crippen LogP) is 2.63. The third-order valence-corrected chi connectivity index (χ3v) is 3.90. The van der Waals surface area contributed by atoms with Gasteiger partial charge in [-0.05, 0) is 61.4 Å². The van der Waals surface area contributed by atoms with Crippen LogP contribution in [0.2, 0.25) is 0 Å². The van der Waals surface area contributed by atoms with E-state index in [1.54, 1.807) is 12.1 Å². The summed E-state index contributed by atoms with van der Waals surface area (Å²) in [6, 6.07) is 10.9. The van der Waals surface area contributed by atoms with Crippen LogP contribution in [0.5, 0.6) is 0 Å². The molecule has 0 unspecified atom stereocenters. The monoisotopic (exact) mass is 260 g/mol. The van der Waals surface area contributed by atoms with Crippen LogP contribution in [0.1, 0.15) is 11.1 Å². The summed E-state index contributed by atoms with van der Waals surface area (Å²) in [6.07, 6.45) is 0. The molecule has 0 bridgehead atoms. The van der Waals surface area contributed by atoms with Gasteiger partial charge in [0, 0.05) is 21.2 Å². The minimum absolute atomic E-state index is 0.624. The van der Waals surface area contributed by atoms with Gasteiger partial charge in [0.1, 0.15) is 0 Å². The van der Waals surface area contributed by atoms with E-state index in [0.29, 0.717) is 21.2 Å². The van der Waals surface area contributed by atoms with E-state index in [9.17, 15) is 4.21 Å². The lowest BCUT2D eigenvalue weighted by Gasteiger charge is -2.07. The second kappa shape index (κ2) is 4.82. The SMILES string of the molecule is Cc1cc(N)cc(S(=O)c2cc(C)cc(N)c2)c1. The molecule has 0 aliphatic carbocycles. The molecule has 0 aromatic heterocycles. The zero-order valence-corrected chi connectivity index (χ0v) is 11.3. The average Bonchev–Trinajstić information content (AvgIpc) is 2.25. The molecule has 4 N–H and O–H groups in total. The van der Waals surface area contributed by atoms with Crippen molar-refractivity contribution in [3.05, 3.63) is 47.5 Å². The zero-order valence-electron chi connectivity index (χ0n) is 10.4. The van der Waals surface area contributed by atoms with E-state index in [0.717, 1.165) is 11.1 Å². The molecule has 0 radical (unpaired) electrons. The van der Waals surface area contributed by atoms with Gasteiger partial charge in [-0.1, -0.05) is 0 Å². The fourth-order valence-electron chi connectivity index (χ4n) is 1.90. The molecular weight excluding hydrogens is 244 g/mol. The van der Waals surface area contributed by atoms with Gasteiger partial charge in [0.05, 0.1) is 10.8 Å². The van der Waals surface area contributed by atoms with Gasteiger partial charge in [-0.25, -0.2) is 4.21 Å². The van der Waals surface area contributed by atoms with E-state index >= 15 is 0 Å². The smallest absolute Gasteiger partial charge is 0.0851 e. The van der Waals surface area contributed by atoms with Gasteiger partial charge >= 0.3 is 0 Å². The summed E-state index contributed by atoms with van der Waals surface area (Å²) in [6.45, 7) is 3.86. The molecular formula is C14H16N2OS. The van der Waals surface area contributed by atoms with Crippen LogP contribution in [0.15, 0.2) is 46.2 Å².